The summed E-state index contributed by atoms with van der Waals surface area (Å²) in [5.74, 6) is -2.50. The maximum absolute atomic E-state index is 12.2. The van der Waals surface area contributed by atoms with Crippen molar-refractivity contribution in [2.24, 2.45) is 5.73 Å². The number of carboxylic acid groups (broad SMARTS) is 1. The largest absolute Gasteiger partial charge is 0.481 e. The van der Waals surface area contributed by atoms with E-state index in [0.717, 1.165) is 11.1 Å². The second kappa shape index (κ2) is 11.4. The smallest absolute Gasteiger partial charge is 0.303 e. The van der Waals surface area contributed by atoms with Gasteiger partial charge in [-0.1, -0.05) is 24.3 Å². The minimum Gasteiger partial charge on any atom is -0.481 e. The minimum absolute atomic E-state index is 0.0537. The van der Waals surface area contributed by atoms with E-state index in [2.05, 4.69) is 10.6 Å². The van der Waals surface area contributed by atoms with Crippen LogP contribution in [0.5, 0.6) is 0 Å². The Morgan fingerprint density at radius 2 is 1.48 bits per heavy atom. The number of benzene rings is 2. The number of carbonyl (C=O) groups excluding carboxylic acids is 3. The molecule has 2 aromatic rings. The maximum Gasteiger partial charge on any atom is 0.303 e. The lowest BCUT2D eigenvalue weighted by atomic mass is 10.0. The molecule has 0 saturated heterocycles. The summed E-state index contributed by atoms with van der Waals surface area (Å²) in [6, 6.07) is 12.7. The molecule has 0 saturated carbocycles. The molecule has 7 N–H and O–H groups in total. The molecule has 0 bridgehead atoms. The highest BCUT2D eigenvalue weighted by atomic mass is 16.5. The van der Waals surface area contributed by atoms with Crippen molar-refractivity contribution in [3.05, 3.63) is 54.1 Å². The van der Waals surface area contributed by atoms with Crippen LogP contribution in [0, 0.1) is 0 Å². The van der Waals surface area contributed by atoms with Gasteiger partial charge in [0.15, 0.2) is 0 Å². The van der Waals surface area contributed by atoms with E-state index < -0.39 is 23.8 Å². The number of nitrogens with two attached hydrogens (primary N) is 1. The Kier molecular flexibility index (Phi) is 8.67. The van der Waals surface area contributed by atoms with Gasteiger partial charge in [0.25, 0.3) is 11.8 Å². The first-order chi connectivity index (χ1) is 14.8. The van der Waals surface area contributed by atoms with E-state index in [1.807, 2.05) is 0 Å². The number of carboxylic acids is 1. The maximum atomic E-state index is 12.2. The lowest BCUT2D eigenvalue weighted by molar-refractivity contribution is -0.137. The second-order valence-corrected chi connectivity index (χ2v) is 6.69. The van der Waals surface area contributed by atoms with Gasteiger partial charge in [-0.15, -0.1) is 0 Å². The van der Waals surface area contributed by atoms with E-state index in [1.54, 1.807) is 48.5 Å². The Hall–Kier alpha value is -3.76. The summed E-state index contributed by atoms with van der Waals surface area (Å²) in [6.45, 7) is -0.168. The molecule has 164 valence electrons. The lowest BCUT2D eigenvalue weighted by Gasteiger charge is -2.14. The molecule has 31 heavy (non-hydrogen) atoms. The van der Waals surface area contributed by atoms with Crippen molar-refractivity contribution in [1.29, 1.82) is 0 Å². The highest BCUT2D eigenvalue weighted by Crippen LogP contribution is 2.22. The summed E-state index contributed by atoms with van der Waals surface area (Å²) in [5, 5.41) is 22.4. The summed E-state index contributed by atoms with van der Waals surface area (Å²) < 4.78 is 0. The molecule has 2 rings (SSSR count). The lowest BCUT2D eigenvalue weighted by Crippen LogP contribution is -2.50. The van der Waals surface area contributed by atoms with Crippen LogP contribution >= 0.6 is 0 Å². The van der Waals surface area contributed by atoms with Gasteiger partial charge in [-0.25, -0.2) is 5.48 Å². The van der Waals surface area contributed by atoms with Gasteiger partial charge in [0.1, 0.15) is 6.04 Å². The first-order valence-electron chi connectivity index (χ1n) is 9.51. The molecule has 0 aromatic heterocycles. The number of hydroxylamine groups is 1. The van der Waals surface area contributed by atoms with E-state index in [4.69, 9.17) is 16.0 Å². The summed E-state index contributed by atoms with van der Waals surface area (Å²) in [4.78, 5) is 46.0. The van der Waals surface area contributed by atoms with Crippen molar-refractivity contribution in [2.45, 2.75) is 25.3 Å². The number of rotatable bonds is 10. The average molecular weight is 428 g/mol. The Balaban J connectivity index is 1.96. The van der Waals surface area contributed by atoms with Crippen LogP contribution in [-0.4, -0.2) is 46.6 Å². The topological polar surface area (TPSA) is 171 Å². The first kappa shape index (κ1) is 23.5. The molecule has 0 unspecified atom stereocenters. The third-order valence-electron chi connectivity index (χ3n) is 4.41. The molecule has 0 fully saturated rings. The fourth-order valence-electron chi connectivity index (χ4n) is 2.73. The molecule has 0 aliphatic heterocycles. The molecule has 10 nitrogen and oxygen atoms in total. The van der Waals surface area contributed by atoms with E-state index >= 15 is 0 Å². The molecule has 0 spiro atoms. The predicted octanol–water partition coefficient (Wildman–Crippen LogP) is 1.11. The van der Waals surface area contributed by atoms with Crippen molar-refractivity contribution in [2.75, 3.05) is 11.9 Å². The van der Waals surface area contributed by atoms with Gasteiger partial charge in [-0.05, 0) is 41.8 Å². The zero-order valence-electron chi connectivity index (χ0n) is 16.6. The second-order valence-electron chi connectivity index (χ2n) is 6.69. The van der Waals surface area contributed by atoms with Crippen LogP contribution in [0.3, 0.4) is 0 Å². The Morgan fingerprint density at radius 1 is 0.903 bits per heavy atom. The monoisotopic (exact) mass is 428 g/mol. The normalized spacial score (nSPS) is 11.3. The predicted molar refractivity (Wildman–Crippen MR) is 112 cm³/mol. The summed E-state index contributed by atoms with van der Waals surface area (Å²) in [6.07, 6.45) is 0.348. The van der Waals surface area contributed by atoms with Gasteiger partial charge in [-0.3, -0.25) is 24.4 Å². The number of amides is 3. The van der Waals surface area contributed by atoms with Crippen LogP contribution < -0.4 is 21.8 Å². The first-order valence-corrected chi connectivity index (χ1v) is 9.51. The number of hydrogen-bond acceptors (Lipinski definition) is 6. The van der Waals surface area contributed by atoms with Crippen molar-refractivity contribution < 1.29 is 29.5 Å². The average Bonchev–Trinajstić information content (AvgIpc) is 2.77. The highest BCUT2D eigenvalue weighted by Gasteiger charge is 2.19. The molecular formula is C21H24N4O6. The molecule has 2 aromatic carbocycles. The fourth-order valence-corrected chi connectivity index (χ4v) is 2.73. The van der Waals surface area contributed by atoms with Gasteiger partial charge in [0, 0.05) is 30.6 Å². The zero-order chi connectivity index (χ0) is 22.8. The standard InChI is InChI=1S/C21H24N4O6/c22-12-17(21(30)25-31)24-20(29)15-6-4-13(5-7-15)14-8-10-16(11-9-14)23-18(26)2-1-3-19(27)28/h4-11,17,31H,1-3,12,22H2,(H,23,26)(H,24,29)(H,25,30)(H,27,28)/t17-/m0/s1. The van der Waals surface area contributed by atoms with Crippen molar-refractivity contribution >= 4 is 29.4 Å². The SMILES string of the molecule is NC[C@H](NC(=O)c1ccc(-c2ccc(NC(=O)CCCC(=O)O)cc2)cc1)C(=O)NO. The summed E-state index contributed by atoms with van der Waals surface area (Å²) in [7, 11) is 0. The molecule has 0 heterocycles. The number of carbonyl (C=O) groups is 4. The molecular weight excluding hydrogens is 404 g/mol. The van der Waals surface area contributed by atoms with Crippen LogP contribution in [0.2, 0.25) is 0 Å². The third kappa shape index (κ3) is 7.21. The summed E-state index contributed by atoms with van der Waals surface area (Å²) in [5.41, 5.74) is 9.47. The molecule has 0 aliphatic rings. The highest BCUT2D eigenvalue weighted by molar-refractivity contribution is 5.98. The van der Waals surface area contributed by atoms with Gasteiger partial charge < -0.3 is 21.5 Å². The van der Waals surface area contributed by atoms with Gasteiger partial charge in [0.05, 0.1) is 0 Å². The Bertz CT molecular complexity index is 928. The molecule has 1 atom stereocenters. The summed E-state index contributed by atoms with van der Waals surface area (Å²) >= 11 is 0. The van der Waals surface area contributed by atoms with Gasteiger partial charge in [-0.2, -0.15) is 0 Å². The quantitative estimate of drug-likeness (QED) is 0.243. The van der Waals surface area contributed by atoms with E-state index in [1.165, 1.54) is 5.48 Å². The number of hydrogen-bond donors (Lipinski definition) is 6. The van der Waals surface area contributed by atoms with Crippen molar-refractivity contribution in [3.63, 3.8) is 0 Å². The molecule has 0 radical (unpaired) electrons. The van der Waals surface area contributed by atoms with Gasteiger partial charge >= 0.3 is 5.97 Å². The van der Waals surface area contributed by atoms with Crippen LogP contribution in [0.4, 0.5) is 5.69 Å². The van der Waals surface area contributed by atoms with Crippen LogP contribution in [-0.2, 0) is 14.4 Å². The van der Waals surface area contributed by atoms with Crippen LogP contribution in [0.1, 0.15) is 29.6 Å². The number of nitrogens with one attached hydrogen (secondary N) is 3. The third-order valence-corrected chi connectivity index (χ3v) is 4.41. The van der Waals surface area contributed by atoms with Gasteiger partial charge in [0.2, 0.25) is 5.91 Å². The number of anilines is 1. The van der Waals surface area contributed by atoms with E-state index in [-0.39, 0.29) is 31.7 Å². The molecule has 10 heteroatoms. The molecule has 3 amide bonds. The zero-order valence-corrected chi connectivity index (χ0v) is 16.6. The van der Waals surface area contributed by atoms with E-state index in [0.29, 0.717) is 11.3 Å². The van der Waals surface area contributed by atoms with E-state index in [9.17, 15) is 19.2 Å². The molecule has 0 aliphatic carbocycles. The fraction of sp³-hybridized carbons (Fsp3) is 0.238. The Labute approximate surface area is 178 Å². The van der Waals surface area contributed by atoms with Crippen molar-refractivity contribution in [3.8, 4) is 11.1 Å². The Morgan fingerprint density at radius 3 is 2.00 bits per heavy atom. The number of aliphatic carboxylic acids is 1. The van der Waals surface area contributed by atoms with Crippen LogP contribution in [0.25, 0.3) is 11.1 Å². The van der Waals surface area contributed by atoms with Crippen molar-refractivity contribution in [1.82, 2.24) is 10.8 Å². The van der Waals surface area contributed by atoms with Crippen LogP contribution in [0.15, 0.2) is 48.5 Å². The minimum atomic E-state index is -1.05.